The van der Waals surface area contributed by atoms with Gasteiger partial charge in [0.25, 0.3) is 11.8 Å². The lowest BCUT2D eigenvalue weighted by molar-refractivity contribution is -0.125. The highest BCUT2D eigenvalue weighted by Crippen LogP contribution is 2.29. The maximum atomic E-state index is 12.5. The topological polar surface area (TPSA) is 91.7 Å². The molecule has 1 heterocycles. The molecule has 0 atom stereocenters. The number of methoxy groups -OCH3 is 1. The third-order valence-electron chi connectivity index (χ3n) is 4.75. The SMILES string of the molecule is COc1cc(/C=C(\C#N)C(=O)N2CCCC2)ccc1OCC(=O)Nc1ccccc1Cl. The largest absolute Gasteiger partial charge is 0.493 e. The summed E-state index contributed by atoms with van der Waals surface area (Å²) < 4.78 is 10.9. The van der Waals surface area contributed by atoms with Gasteiger partial charge in [-0.3, -0.25) is 9.59 Å². The van der Waals surface area contributed by atoms with Crippen molar-refractivity contribution in [1.82, 2.24) is 4.90 Å². The summed E-state index contributed by atoms with van der Waals surface area (Å²) >= 11 is 6.04. The number of anilines is 1. The summed E-state index contributed by atoms with van der Waals surface area (Å²) in [5.74, 6) is 0.0983. The summed E-state index contributed by atoms with van der Waals surface area (Å²) in [6.07, 6.45) is 3.43. The van der Waals surface area contributed by atoms with Crippen LogP contribution < -0.4 is 14.8 Å². The average molecular weight is 440 g/mol. The van der Waals surface area contributed by atoms with Gasteiger partial charge in [-0.05, 0) is 48.7 Å². The fourth-order valence-corrected chi connectivity index (χ4v) is 3.37. The molecule has 1 N–H and O–H groups in total. The molecule has 7 nitrogen and oxygen atoms in total. The molecule has 31 heavy (non-hydrogen) atoms. The molecule has 160 valence electrons. The molecule has 1 aliphatic rings. The van der Waals surface area contributed by atoms with Gasteiger partial charge in [0.2, 0.25) is 0 Å². The zero-order chi connectivity index (χ0) is 22.2. The lowest BCUT2D eigenvalue weighted by atomic mass is 10.1. The highest BCUT2D eigenvalue weighted by molar-refractivity contribution is 6.33. The monoisotopic (exact) mass is 439 g/mol. The summed E-state index contributed by atoms with van der Waals surface area (Å²) in [5, 5.41) is 12.5. The van der Waals surface area contributed by atoms with Gasteiger partial charge in [0.05, 0.1) is 17.8 Å². The minimum Gasteiger partial charge on any atom is -0.493 e. The molecule has 1 aliphatic heterocycles. The molecule has 2 aromatic rings. The Labute approximate surface area is 185 Å². The van der Waals surface area contributed by atoms with Crippen molar-refractivity contribution in [3.8, 4) is 17.6 Å². The number of rotatable bonds is 7. The molecule has 0 radical (unpaired) electrons. The molecule has 0 bridgehead atoms. The van der Waals surface area contributed by atoms with Crippen LogP contribution in [-0.4, -0.2) is 43.5 Å². The first-order valence-electron chi connectivity index (χ1n) is 9.78. The highest BCUT2D eigenvalue weighted by Gasteiger charge is 2.21. The summed E-state index contributed by atoms with van der Waals surface area (Å²) in [4.78, 5) is 26.3. The minimum absolute atomic E-state index is 0.0664. The Morgan fingerprint density at radius 3 is 2.61 bits per heavy atom. The van der Waals surface area contributed by atoms with Crippen LogP contribution in [0, 0.1) is 11.3 Å². The van der Waals surface area contributed by atoms with E-state index in [1.807, 2.05) is 6.07 Å². The van der Waals surface area contributed by atoms with Gasteiger partial charge in [0.15, 0.2) is 18.1 Å². The van der Waals surface area contributed by atoms with Gasteiger partial charge in [0, 0.05) is 13.1 Å². The Kier molecular flexibility index (Phi) is 7.52. The van der Waals surface area contributed by atoms with Crippen LogP contribution in [0.4, 0.5) is 5.69 Å². The van der Waals surface area contributed by atoms with E-state index in [4.69, 9.17) is 21.1 Å². The Morgan fingerprint density at radius 2 is 1.94 bits per heavy atom. The molecule has 0 aliphatic carbocycles. The second-order valence-electron chi connectivity index (χ2n) is 6.90. The van der Waals surface area contributed by atoms with Gasteiger partial charge in [-0.1, -0.05) is 29.8 Å². The van der Waals surface area contributed by atoms with E-state index in [0.29, 0.717) is 40.9 Å². The van der Waals surface area contributed by atoms with Crippen LogP contribution in [0.15, 0.2) is 48.0 Å². The van der Waals surface area contributed by atoms with Gasteiger partial charge in [-0.25, -0.2) is 0 Å². The smallest absolute Gasteiger partial charge is 0.264 e. The number of benzene rings is 2. The van der Waals surface area contributed by atoms with E-state index >= 15 is 0 Å². The minimum atomic E-state index is -0.373. The van der Waals surface area contributed by atoms with Gasteiger partial charge >= 0.3 is 0 Å². The Morgan fingerprint density at radius 1 is 1.19 bits per heavy atom. The number of halogens is 1. The second kappa shape index (κ2) is 10.5. The predicted octanol–water partition coefficient (Wildman–Crippen LogP) is 3.90. The van der Waals surface area contributed by atoms with E-state index < -0.39 is 0 Å². The quantitative estimate of drug-likeness (QED) is 0.522. The molecular formula is C23H22ClN3O4. The van der Waals surface area contributed by atoms with Gasteiger partial charge < -0.3 is 19.7 Å². The summed E-state index contributed by atoms with van der Waals surface area (Å²) in [5.41, 5.74) is 1.18. The fraction of sp³-hybridized carbons (Fsp3) is 0.261. The molecule has 3 rings (SSSR count). The summed E-state index contributed by atoms with van der Waals surface area (Å²) in [6.45, 7) is 1.10. The molecule has 2 aromatic carbocycles. The van der Waals surface area contributed by atoms with Crippen molar-refractivity contribution in [2.45, 2.75) is 12.8 Å². The average Bonchev–Trinajstić information content (AvgIpc) is 3.32. The molecule has 2 amide bonds. The van der Waals surface area contributed by atoms with Crippen LogP contribution in [0.3, 0.4) is 0 Å². The lowest BCUT2D eigenvalue weighted by Gasteiger charge is -2.14. The molecule has 8 heteroatoms. The number of carbonyl (C=O) groups excluding carboxylic acids is 2. The van der Waals surface area contributed by atoms with E-state index in [2.05, 4.69) is 5.32 Å². The summed E-state index contributed by atoms with van der Waals surface area (Å²) in [6, 6.07) is 13.9. The van der Waals surface area contributed by atoms with Gasteiger partial charge in [-0.2, -0.15) is 5.26 Å². The number of amides is 2. The predicted molar refractivity (Wildman–Crippen MR) is 118 cm³/mol. The van der Waals surface area contributed by atoms with Crippen LogP contribution in [0.1, 0.15) is 18.4 Å². The van der Waals surface area contributed by atoms with Crippen LogP contribution in [0.5, 0.6) is 11.5 Å². The van der Waals surface area contributed by atoms with E-state index in [0.717, 1.165) is 12.8 Å². The maximum Gasteiger partial charge on any atom is 0.264 e. The molecule has 0 spiro atoms. The van der Waals surface area contributed by atoms with E-state index in [-0.39, 0.29) is 24.0 Å². The van der Waals surface area contributed by atoms with Crippen molar-refractivity contribution in [3.05, 3.63) is 58.6 Å². The first-order chi connectivity index (χ1) is 15.0. The number of hydrogen-bond acceptors (Lipinski definition) is 5. The zero-order valence-corrected chi connectivity index (χ0v) is 17.8. The first-order valence-corrected chi connectivity index (χ1v) is 10.2. The maximum absolute atomic E-state index is 12.5. The molecule has 0 saturated carbocycles. The van der Waals surface area contributed by atoms with Crippen LogP contribution >= 0.6 is 11.6 Å². The second-order valence-corrected chi connectivity index (χ2v) is 7.30. The number of nitrogens with zero attached hydrogens (tertiary/aromatic N) is 2. The standard InChI is InChI=1S/C23H22ClN3O4/c1-30-21-13-16(12-17(14-25)23(29)27-10-4-5-11-27)8-9-20(21)31-15-22(28)26-19-7-3-2-6-18(19)24/h2-3,6-9,12-13H,4-5,10-11,15H2,1H3,(H,26,28)/b17-12+. The van der Waals surface area contributed by atoms with Gasteiger partial charge in [-0.15, -0.1) is 0 Å². The Bertz CT molecular complexity index is 1040. The number of ether oxygens (including phenoxy) is 2. The van der Waals surface area contributed by atoms with Crippen LogP contribution in [0.2, 0.25) is 5.02 Å². The van der Waals surface area contributed by atoms with E-state index in [9.17, 15) is 14.9 Å². The first kappa shape index (κ1) is 22.2. The fourth-order valence-electron chi connectivity index (χ4n) is 3.18. The third kappa shape index (κ3) is 5.77. The summed E-state index contributed by atoms with van der Waals surface area (Å²) in [7, 11) is 1.47. The number of hydrogen-bond donors (Lipinski definition) is 1. The van der Waals surface area contributed by atoms with Crippen molar-refractivity contribution in [3.63, 3.8) is 0 Å². The van der Waals surface area contributed by atoms with Crippen LogP contribution in [0.25, 0.3) is 6.08 Å². The highest BCUT2D eigenvalue weighted by atomic mass is 35.5. The van der Waals surface area contributed by atoms with Crippen molar-refractivity contribution in [2.75, 3.05) is 32.1 Å². The van der Waals surface area contributed by atoms with Crippen LogP contribution in [-0.2, 0) is 9.59 Å². The molecule has 0 unspecified atom stereocenters. The molecular weight excluding hydrogens is 418 g/mol. The number of para-hydroxylation sites is 1. The van der Waals surface area contributed by atoms with Crippen molar-refractivity contribution >= 4 is 35.2 Å². The number of carbonyl (C=O) groups is 2. The molecule has 1 fully saturated rings. The van der Waals surface area contributed by atoms with Crippen molar-refractivity contribution in [2.24, 2.45) is 0 Å². The third-order valence-corrected chi connectivity index (χ3v) is 5.08. The number of likely N-dealkylation sites (tertiary alicyclic amines) is 1. The number of nitrogens with one attached hydrogen (secondary N) is 1. The van der Waals surface area contributed by atoms with Crippen molar-refractivity contribution < 1.29 is 19.1 Å². The zero-order valence-electron chi connectivity index (χ0n) is 17.1. The van der Waals surface area contributed by atoms with E-state index in [1.165, 1.54) is 13.2 Å². The molecule has 1 saturated heterocycles. The normalized spacial score (nSPS) is 13.5. The van der Waals surface area contributed by atoms with E-state index in [1.54, 1.807) is 47.4 Å². The Balaban J connectivity index is 1.68. The number of nitriles is 1. The van der Waals surface area contributed by atoms with Gasteiger partial charge in [0.1, 0.15) is 11.6 Å². The lowest BCUT2D eigenvalue weighted by Crippen LogP contribution is -2.28. The molecule has 0 aromatic heterocycles. The Hall–Kier alpha value is -3.50. The van der Waals surface area contributed by atoms with Crippen molar-refractivity contribution in [1.29, 1.82) is 5.26 Å².